The van der Waals surface area contributed by atoms with E-state index in [9.17, 15) is 13.2 Å². The molecule has 1 fully saturated rings. The lowest BCUT2D eigenvalue weighted by Crippen LogP contribution is -2.48. The van der Waals surface area contributed by atoms with Gasteiger partial charge in [0, 0.05) is 38.4 Å². The number of methoxy groups -OCH3 is 2. The Morgan fingerprint density at radius 2 is 1.84 bits per heavy atom. The Morgan fingerprint density at radius 3 is 2.47 bits per heavy atom. The lowest BCUT2D eigenvalue weighted by Gasteiger charge is -2.39. The van der Waals surface area contributed by atoms with Crippen LogP contribution in [-0.4, -0.2) is 51.9 Å². The zero-order valence-corrected chi connectivity index (χ0v) is 19.0. The van der Waals surface area contributed by atoms with E-state index < -0.39 is 21.9 Å². The molecule has 2 heterocycles. The topological polar surface area (TPSA) is 94.2 Å². The maximum atomic E-state index is 12.8. The van der Waals surface area contributed by atoms with E-state index in [1.54, 1.807) is 41.3 Å². The summed E-state index contributed by atoms with van der Waals surface area (Å²) < 4.78 is 45.3. The average molecular weight is 459 g/mol. The van der Waals surface area contributed by atoms with Crippen molar-refractivity contribution in [3.63, 3.8) is 0 Å². The molecule has 0 aromatic heterocycles. The molecule has 8 nitrogen and oxygen atoms in total. The standard InChI is InChI=1S/C23H26N2O6S/c1-23(22(29-2)30-3)15-19(25-13-7-10-21(25)26)18-14-16(11-12-20(18)31-23)24-32(27,28)17-8-5-4-6-9-17/h4-6,8-9,11-12,14-15,22,24H,7,10,13H2,1-3H3. The molecule has 170 valence electrons. The quantitative estimate of drug-likeness (QED) is 0.641. The highest BCUT2D eigenvalue weighted by Gasteiger charge is 2.42. The van der Waals surface area contributed by atoms with Crippen LogP contribution in [0.3, 0.4) is 0 Å². The number of fused-ring (bicyclic) bond motifs is 1. The van der Waals surface area contributed by atoms with E-state index in [0.717, 1.165) is 6.42 Å². The van der Waals surface area contributed by atoms with Gasteiger partial charge in [-0.3, -0.25) is 9.52 Å². The second kappa shape index (κ2) is 8.57. The molecule has 1 atom stereocenters. The van der Waals surface area contributed by atoms with Gasteiger partial charge in [-0.15, -0.1) is 0 Å². The highest BCUT2D eigenvalue weighted by atomic mass is 32.2. The molecular weight excluding hydrogens is 432 g/mol. The van der Waals surface area contributed by atoms with Crippen LogP contribution in [-0.2, 0) is 24.3 Å². The number of carbonyl (C=O) groups is 1. The van der Waals surface area contributed by atoms with E-state index >= 15 is 0 Å². The molecule has 4 rings (SSSR count). The zero-order chi connectivity index (χ0) is 22.9. The minimum Gasteiger partial charge on any atom is -0.477 e. The minimum atomic E-state index is -3.76. The first kappa shape index (κ1) is 22.3. The van der Waals surface area contributed by atoms with Crippen molar-refractivity contribution in [3.8, 4) is 5.75 Å². The van der Waals surface area contributed by atoms with Gasteiger partial charge in [0.2, 0.25) is 12.2 Å². The van der Waals surface area contributed by atoms with Crippen molar-refractivity contribution in [1.82, 2.24) is 4.90 Å². The molecule has 0 radical (unpaired) electrons. The first-order chi connectivity index (χ1) is 15.3. The van der Waals surface area contributed by atoms with E-state index in [0.29, 0.717) is 35.7 Å². The number of hydrogen-bond donors (Lipinski definition) is 1. The minimum absolute atomic E-state index is 0.00750. The van der Waals surface area contributed by atoms with Gasteiger partial charge in [-0.2, -0.15) is 0 Å². The number of carbonyl (C=O) groups excluding carboxylic acids is 1. The van der Waals surface area contributed by atoms with Crippen LogP contribution in [0, 0.1) is 0 Å². The van der Waals surface area contributed by atoms with Crippen LogP contribution in [0.25, 0.3) is 5.70 Å². The molecule has 2 aliphatic rings. The lowest BCUT2D eigenvalue weighted by atomic mass is 9.95. The summed E-state index contributed by atoms with van der Waals surface area (Å²) in [5.41, 5.74) is 0.653. The Kier molecular flexibility index (Phi) is 5.98. The van der Waals surface area contributed by atoms with Gasteiger partial charge in [-0.05, 0) is 49.8 Å². The Morgan fingerprint density at radius 1 is 1.12 bits per heavy atom. The third-order valence-corrected chi connectivity index (χ3v) is 6.97. The number of nitrogens with one attached hydrogen (secondary N) is 1. The summed E-state index contributed by atoms with van der Waals surface area (Å²) in [6.07, 6.45) is 2.31. The molecule has 1 unspecified atom stereocenters. The summed E-state index contributed by atoms with van der Waals surface area (Å²) in [5, 5.41) is 0. The molecule has 2 aromatic rings. The number of rotatable bonds is 7. The number of sulfonamides is 1. The van der Waals surface area contributed by atoms with Gasteiger partial charge in [0.25, 0.3) is 10.0 Å². The Hall–Kier alpha value is -2.88. The highest BCUT2D eigenvalue weighted by molar-refractivity contribution is 7.92. The SMILES string of the molecule is COC(OC)C1(C)C=C(N2CCCC2=O)c2cc(NS(=O)(=O)c3ccccc3)ccc2O1. The molecule has 1 saturated heterocycles. The number of ether oxygens (including phenoxy) is 3. The molecular formula is C23H26N2O6S. The van der Waals surface area contributed by atoms with Gasteiger partial charge in [0.1, 0.15) is 5.75 Å². The molecule has 1 amide bonds. The Balaban J connectivity index is 1.75. The predicted molar refractivity (Wildman–Crippen MR) is 119 cm³/mol. The third kappa shape index (κ3) is 4.11. The van der Waals surface area contributed by atoms with Crippen LogP contribution in [0.2, 0.25) is 0 Å². The number of amides is 1. The molecule has 0 aliphatic carbocycles. The van der Waals surface area contributed by atoms with E-state index in [4.69, 9.17) is 14.2 Å². The number of benzene rings is 2. The van der Waals surface area contributed by atoms with Crippen LogP contribution in [0.5, 0.6) is 5.75 Å². The number of anilines is 1. The Labute approximate surface area is 187 Å². The van der Waals surface area contributed by atoms with Crippen molar-refractivity contribution in [1.29, 1.82) is 0 Å². The van der Waals surface area contributed by atoms with Crippen molar-refractivity contribution in [2.75, 3.05) is 25.5 Å². The molecule has 2 aromatic carbocycles. The first-order valence-electron chi connectivity index (χ1n) is 10.3. The summed E-state index contributed by atoms with van der Waals surface area (Å²) in [6.45, 7) is 2.39. The van der Waals surface area contributed by atoms with Gasteiger partial charge < -0.3 is 19.1 Å². The zero-order valence-electron chi connectivity index (χ0n) is 18.2. The molecule has 0 saturated carbocycles. The summed E-state index contributed by atoms with van der Waals surface area (Å²) in [5.74, 6) is 0.513. The van der Waals surface area contributed by atoms with Crippen LogP contribution >= 0.6 is 0 Å². The van der Waals surface area contributed by atoms with Crippen LogP contribution < -0.4 is 9.46 Å². The normalized spacial score (nSPS) is 20.7. The van der Waals surface area contributed by atoms with Crippen molar-refractivity contribution in [3.05, 3.63) is 60.2 Å². The van der Waals surface area contributed by atoms with E-state index in [-0.39, 0.29) is 10.8 Å². The van der Waals surface area contributed by atoms with Crippen molar-refractivity contribution < 1.29 is 27.4 Å². The second-order valence-electron chi connectivity index (χ2n) is 7.90. The summed E-state index contributed by atoms with van der Waals surface area (Å²) in [4.78, 5) is 14.4. The Bertz CT molecular complexity index is 1140. The van der Waals surface area contributed by atoms with Gasteiger partial charge in [-0.25, -0.2) is 8.42 Å². The smallest absolute Gasteiger partial charge is 0.261 e. The fourth-order valence-corrected chi connectivity index (χ4v) is 5.19. The number of likely N-dealkylation sites (tertiary alicyclic amines) is 1. The maximum absolute atomic E-state index is 12.8. The molecule has 0 spiro atoms. The molecule has 2 aliphatic heterocycles. The number of nitrogens with zero attached hydrogens (tertiary/aromatic N) is 1. The molecule has 9 heteroatoms. The van der Waals surface area contributed by atoms with Crippen LogP contribution in [0.1, 0.15) is 25.3 Å². The van der Waals surface area contributed by atoms with Crippen LogP contribution in [0.15, 0.2) is 59.5 Å². The lowest BCUT2D eigenvalue weighted by molar-refractivity contribution is -0.180. The summed E-state index contributed by atoms with van der Waals surface area (Å²) in [7, 11) is -0.718. The fourth-order valence-electron chi connectivity index (χ4n) is 4.12. The van der Waals surface area contributed by atoms with Gasteiger partial charge in [0.15, 0.2) is 5.60 Å². The second-order valence-corrected chi connectivity index (χ2v) is 9.58. The highest BCUT2D eigenvalue weighted by Crippen LogP contribution is 2.42. The molecule has 32 heavy (non-hydrogen) atoms. The van der Waals surface area contributed by atoms with Gasteiger partial charge in [0.05, 0.1) is 10.6 Å². The predicted octanol–water partition coefficient (Wildman–Crippen LogP) is 3.22. The van der Waals surface area contributed by atoms with Gasteiger partial charge in [-0.1, -0.05) is 18.2 Å². The summed E-state index contributed by atoms with van der Waals surface area (Å²) in [6, 6.07) is 13.1. The van der Waals surface area contributed by atoms with Crippen molar-refractivity contribution >= 4 is 27.3 Å². The van der Waals surface area contributed by atoms with Crippen molar-refractivity contribution in [2.24, 2.45) is 0 Å². The molecule has 0 bridgehead atoms. The third-order valence-electron chi connectivity index (χ3n) is 5.57. The largest absolute Gasteiger partial charge is 0.477 e. The summed E-state index contributed by atoms with van der Waals surface area (Å²) >= 11 is 0. The van der Waals surface area contributed by atoms with E-state index in [1.165, 1.54) is 26.4 Å². The monoisotopic (exact) mass is 458 g/mol. The van der Waals surface area contributed by atoms with E-state index in [1.807, 2.05) is 13.0 Å². The van der Waals surface area contributed by atoms with E-state index in [2.05, 4.69) is 4.72 Å². The first-order valence-corrected chi connectivity index (χ1v) is 11.8. The number of hydrogen-bond acceptors (Lipinski definition) is 6. The fraction of sp³-hybridized carbons (Fsp3) is 0.348. The average Bonchev–Trinajstić information content (AvgIpc) is 3.20. The van der Waals surface area contributed by atoms with Crippen LogP contribution in [0.4, 0.5) is 5.69 Å². The van der Waals surface area contributed by atoms with Gasteiger partial charge >= 0.3 is 0 Å². The van der Waals surface area contributed by atoms with Crippen molar-refractivity contribution in [2.45, 2.75) is 36.6 Å². The molecule has 1 N–H and O–H groups in total. The maximum Gasteiger partial charge on any atom is 0.261 e.